The number of methoxy groups -OCH3 is 2. The molecule has 1 aromatic heterocycles. The van der Waals surface area contributed by atoms with E-state index in [9.17, 15) is 0 Å². The normalized spacial score (nSPS) is 10.3. The van der Waals surface area contributed by atoms with Crippen LogP contribution in [0.4, 0.5) is 0 Å². The van der Waals surface area contributed by atoms with Gasteiger partial charge in [-0.3, -0.25) is 0 Å². The summed E-state index contributed by atoms with van der Waals surface area (Å²) in [4.78, 5) is 0. The van der Waals surface area contributed by atoms with Gasteiger partial charge in [0.05, 0.1) is 25.8 Å². The molecular formula is C10H9ClN2O2. The fraction of sp³-hybridized carbons (Fsp3) is 0.200. The van der Waals surface area contributed by atoms with Gasteiger partial charge in [-0.25, -0.2) is 0 Å². The van der Waals surface area contributed by atoms with Crippen molar-refractivity contribution >= 4 is 22.4 Å². The Labute approximate surface area is 91.8 Å². The summed E-state index contributed by atoms with van der Waals surface area (Å²) in [5, 5.41) is 9.43. The summed E-state index contributed by atoms with van der Waals surface area (Å²) in [5.74, 6) is 1.20. The first-order valence-electron chi connectivity index (χ1n) is 4.29. The number of benzene rings is 1. The van der Waals surface area contributed by atoms with Crippen LogP contribution < -0.4 is 9.47 Å². The van der Waals surface area contributed by atoms with Gasteiger partial charge >= 0.3 is 0 Å². The summed E-state index contributed by atoms with van der Waals surface area (Å²) in [6.45, 7) is 0. The topological polar surface area (TPSA) is 44.2 Å². The van der Waals surface area contributed by atoms with E-state index < -0.39 is 0 Å². The average Bonchev–Trinajstić information content (AvgIpc) is 2.28. The molecule has 1 heterocycles. The van der Waals surface area contributed by atoms with Crippen LogP contribution in [0.3, 0.4) is 0 Å². The smallest absolute Gasteiger partial charge is 0.171 e. The summed E-state index contributed by atoms with van der Waals surface area (Å²) in [6.07, 6.45) is 1.63. The minimum absolute atomic E-state index is 0.309. The fourth-order valence-electron chi connectivity index (χ4n) is 1.45. The summed E-state index contributed by atoms with van der Waals surface area (Å²) in [5.41, 5.74) is 0. The van der Waals surface area contributed by atoms with E-state index in [0.29, 0.717) is 22.0 Å². The Hall–Kier alpha value is -1.55. The summed E-state index contributed by atoms with van der Waals surface area (Å²) < 4.78 is 10.4. The second kappa shape index (κ2) is 3.90. The highest BCUT2D eigenvalue weighted by atomic mass is 35.5. The molecule has 0 saturated heterocycles. The van der Waals surface area contributed by atoms with E-state index in [4.69, 9.17) is 21.1 Å². The Morgan fingerprint density at radius 1 is 1.20 bits per heavy atom. The van der Waals surface area contributed by atoms with Crippen LogP contribution in [0.5, 0.6) is 11.5 Å². The summed E-state index contributed by atoms with van der Waals surface area (Å²) >= 11 is 5.96. The van der Waals surface area contributed by atoms with E-state index in [2.05, 4.69) is 10.2 Å². The van der Waals surface area contributed by atoms with Gasteiger partial charge in [-0.05, 0) is 12.1 Å². The highest BCUT2D eigenvalue weighted by molar-refractivity contribution is 6.34. The third-order valence-corrected chi connectivity index (χ3v) is 2.39. The molecule has 0 atom stereocenters. The molecule has 0 aliphatic heterocycles. The summed E-state index contributed by atoms with van der Waals surface area (Å²) in [6, 6.07) is 3.66. The van der Waals surface area contributed by atoms with Crippen LogP contribution in [0.25, 0.3) is 10.8 Å². The molecule has 0 amide bonds. The van der Waals surface area contributed by atoms with Crippen LogP contribution in [0, 0.1) is 0 Å². The van der Waals surface area contributed by atoms with Crippen LogP contribution in [0.15, 0.2) is 18.3 Å². The van der Waals surface area contributed by atoms with Crippen LogP contribution in [0.1, 0.15) is 0 Å². The van der Waals surface area contributed by atoms with E-state index >= 15 is 0 Å². The maximum Gasteiger partial charge on any atom is 0.171 e. The molecule has 0 radical (unpaired) electrons. The number of ether oxygens (including phenoxy) is 2. The van der Waals surface area contributed by atoms with Gasteiger partial charge in [0.2, 0.25) is 0 Å². The van der Waals surface area contributed by atoms with Gasteiger partial charge in [-0.1, -0.05) is 11.6 Å². The molecule has 2 rings (SSSR count). The van der Waals surface area contributed by atoms with Gasteiger partial charge in [0.15, 0.2) is 16.7 Å². The number of hydrogen-bond donors (Lipinski definition) is 0. The minimum Gasteiger partial charge on any atom is -0.493 e. The number of aromatic nitrogens is 2. The number of fused-ring (bicyclic) bond motifs is 1. The van der Waals surface area contributed by atoms with Gasteiger partial charge in [0.1, 0.15) is 0 Å². The Kier molecular flexibility index (Phi) is 2.60. The zero-order valence-corrected chi connectivity index (χ0v) is 9.08. The van der Waals surface area contributed by atoms with Gasteiger partial charge in [0.25, 0.3) is 0 Å². The van der Waals surface area contributed by atoms with Crippen molar-refractivity contribution in [3.63, 3.8) is 0 Å². The maximum absolute atomic E-state index is 5.96. The molecule has 1 aromatic carbocycles. The SMILES string of the molecule is COc1ccc2cnnc(Cl)c2c1OC. The molecule has 0 aliphatic carbocycles. The van der Waals surface area contributed by atoms with Gasteiger partial charge < -0.3 is 9.47 Å². The van der Waals surface area contributed by atoms with E-state index in [1.807, 2.05) is 6.07 Å². The lowest BCUT2D eigenvalue weighted by atomic mass is 10.2. The largest absolute Gasteiger partial charge is 0.493 e. The highest BCUT2D eigenvalue weighted by Crippen LogP contribution is 2.37. The van der Waals surface area contributed by atoms with Crippen LogP contribution in [-0.4, -0.2) is 24.4 Å². The maximum atomic E-state index is 5.96. The average molecular weight is 225 g/mol. The Bertz CT molecular complexity index is 502. The Morgan fingerprint density at radius 2 is 2.00 bits per heavy atom. The first-order chi connectivity index (χ1) is 7.27. The van der Waals surface area contributed by atoms with Crippen molar-refractivity contribution in [2.24, 2.45) is 0 Å². The molecule has 2 aromatic rings. The first kappa shape index (κ1) is 9.98. The monoisotopic (exact) mass is 224 g/mol. The van der Waals surface area contributed by atoms with Crippen LogP contribution >= 0.6 is 11.6 Å². The predicted octanol–water partition coefficient (Wildman–Crippen LogP) is 2.30. The van der Waals surface area contributed by atoms with Gasteiger partial charge in [-0.15, -0.1) is 5.10 Å². The Morgan fingerprint density at radius 3 is 2.67 bits per heavy atom. The van der Waals surface area contributed by atoms with Gasteiger partial charge in [-0.2, -0.15) is 5.10 Å². The van der Waals surface area contributed by atoms with Crippen molar-refractivity contribution in [1.29, 1.82) is 0 Å². The predicted molar refractivity (Wildman–Crippen MR) is 57.7 cm³/mol. The molecule has 0 saturated carbocycles. The lowest BCUT2D eigenvalue weighted by Gasteiger charge is -2.10. The van der Waals surface area contributed by atoms with Crippen molar-refractivity contribution < 1.29 is 9.47 Å². The van der Waals surface area contributed by atoms with Crippen molar-refractivity contribution in [3.05, 3.63) is 23.5 Å². The lowest BCUT2D eigenvalue weighted by Crippen LogP contribution is -1.93. The second-order valence-electron chi connectivity index (χ2n) is 2.90. The van der Waals surface area contributed by atoms with Crippen LogP contribution in [-0.2, 0) is 0 Å². The van der Waals surface area contributed by atoms with E-state index in [0.717, 1.165) is 5.39 Å². The molecule has 15 heavy (non-hydrogen) atoms. The van der Waals surface area contributed by atoms with E-state index in [1.165, 1.54) is 0 Å². The molecule has 0 bridgehead atoms. The first-order valence-corrected chi connectivity index (χ1v) is 4.67. The van der Waals surface area contributed by atoms with E-state index in [-0.39, 0.29) is 0 Å². The third-order valence-electron chi connectivity index (χ3n) is 2.13. The zero-order valence-electron chi connectivity index (χ0n) is 8.32. The third kappa shape index (κ3) is 1.57. The van der Waals surface area contributed by atoms with Crippen LogP contribution in [0.2, 0.25) is 5.15 Å². The molecule has 0 fully saturated rings. The quantitative estimate of drug-likeness (QED) is 0.785. The molecule has 5 heteroatoms. The standard InChI is InChI=1S/C10H9ClN2O2/c1-14-7-4-3-6-5-12-13-10(11)8(6)9(7)15-2/h3-5H,1-2H3. The molecule has 0 unspecified atom stereocenters. The zero-order chi connectivity index (χ0) is 10.8. The number of rotatable bonds is 2. The molecule has 0 N–H and O–H groups in total. The number of halogens is 1. The molecule has 4 nitrogen and oxygen atoms in total. The second-order valence-corrected chi connectivity index (χ2v) is 3.26. The highest BCUT2D eigenvalue weighted by Gasteiger charge is 2.12. The number of hydrogen-bond acceptors (Lipinski definition) is 4. The summed E-state index contributed by atoms with van der Waals surface area (Å²) in [7, 11) is 3.14. The fourth-order valence-corrected chi connectivity index (χ4v) is 1.69. The van der Waals surface area contributed by atoms with Crippen molar-refractivity contribution in [2.45, 2.75) is 0 Å². The molecule has 78 valence electrons. The van der Waals surface area contributed by atoms with Crippen molar-refractivity contribution in [2.75, 3.05) is 14.2 Å². The lowest BCUT2D eigenvalue weighted by molar-refractivity contribution is 0.358. The minimum atomic E-state index is 0.309. The van der Waals surface area contributed by atoms with E-state index in [1.54, 1.807) is 26.5 Å². The molecule has 0 spiro atoms. The number of nitrogens with zero attached hydrogens (tertiary/aromatic N) is 2. The van der Waals surface area contributed by atoms with Gasteiger partial charge in [0, 0.05) is 5.39 Å². The molecular weight excluding hydrogens is 216 g/mol. The van der Waals surface area contributed by atoms with Crippen molar-refractivity contribution in [1.82, 2.24) is 10.2 Å². The van der Waals surface area contributed by atoms with Crippen molar-refractivity contribution in [3.8, 4) is 11.5 Å². The molecule has 0 aliphatic rings. The Balaban J connectivity index is 2.85.